The van der Waals surface area contributed by atoms with Crippen LogP contribution >= 0.6 is 11.6 Å². The maximum Gasteiger partial charge on any atom is 0.407 e. The smallest absolute Gasteiger partial charge is 0.407 e. The van der Waals surface area contributed by atoms with Gasteiger partial charge in [0.25, 0.3) is 0 Å². The monoisotopic (exact) mass is 526 g/mol. The Kier molecular flexibility index (Phi) is 6.64. The van der Waals surface area contributed by atoms with E-state index in [0.29, 0.717) is 29.8 Å². The molecular formula is C26H31ClN6O4. The summed E-state index contributed by atoms with van der Waals surface area (Å²) in [6, 6.07) is 5.99. The molecule has 0 spiro atoms. The van der Waals surface area contributed by atoms with Crippen LogP contribution in [0, 0.1) is 6.92 Å². The molecule has 1 aromatic carbocycles. The predicted octanol–water partition coefficient (Wildman–Crippen LogP) is 4.37. The molecule has 3 aromatic rings. The molecule has 2 aromatic heterocycles. The van der Waals surface area contributed by atoms with E-state index in [1.165, 1.54) is 4.90 Å². The van der Waals surface area contributed by atoms with Crippen LogP contribution in [0.15, 0.2) is 24.4 Å². The van der Waals surface area contributed by atoms with Crippen LogP contribution in [-0.4, -0.2) is 81.0 Å². The molecule has 3 aliphatic heterocycles. The van der Waals surface area contributed by atoms with Gasteiger partial charge in [0.1, 0.15) is 11.6 Å². The lowest BCUT2D eigenvalue weighted by atomic mass is 9.89. The van der Waals surface area contributed by atoms with E-state index in [9.17, 15) is 9.90 Å². The highest BCUT2D eigenvalue weighted by molar-refractivity contribution is 6.32. The van der Waals surface area contributed by atoms with Crippen molar-refractivity contribution in [1.82, 2.24) is 24.6 Å². The molecule has 0 bridgehead atoms. The molecule has 3 saturated heterocycles. The van der Waals surface area contributed by atoms with Gasteiger partial charge in [-0.15, -0.1) is 0 Å². The van der Waals surface area contributed by atoms with E-state index in [2.05, 4.69) is 26.0 Å². The summed E-state index contributed by atoms with van der Waals surface area (Å²) in [7, 11) is 0. The number of likely N-dealkylation sites (tertiary alicyclic amines) is 1. The average Bonchev–Trinajstić information content (AvgIpc) is 3.28. The van der Waals surface area contributed by atoms with Gasteiger partial charge in [-0.1, -0.05) is 11.6 Å². The highest BCUT2D eigenvalue weighted by atomic mass is 35.5. The molecule has 0 radical (unpaired) electrons. The second kappa shape index (κ2) is 10.1. The third-order valence-electron chi connectivity index (χ3n) is 7.57. The number of halogens is 1. The van der Waals surface area contributed by atoms with Crippen molar-refractivity contribution in [2.45, 2.75) is 57.3 Å². The van der Waals surface area contributed by atoms with Crippen molar-refractivity contribution < 1.29 is 19.4 Å². The lowest BCUT2D eigenvalue weighted by molar-refractivity contribution is -0.191. The van der Waals surface area contributed by atoms with Crippen LogP contribution in [0.1, 0.15) is 49.4 Å². The first kappa shape index (κ1) is 24.4. The first-order valence-corrected chi connectivity index (χ1v) is 13.4. The molecule has 1 amide bonds. The van der Waals surface area contributed by atoms with Crippen LogP contribution in [0.25, 0.3) is 16.7 Å². The molecule has 10 nitrogen and oxygen atoms in total. The van der Waals surface area contributed by atoms with Crippen LogP contribution < -0.4 is 4.90 Å². The van der Waals surface area contributed by atoms with Gasteiger partial charge in [0.05, 0.1) is 17.8 Å². The van der Waals surface area contributed by atoms with Crippen molar-refractivity contribution in [1.29, 1.82) is 0 Å². The fraction of sp³-hybridized carbons (Fsp3) is 0.538. The minimum Gasteiger partial charge on any atom is -0.465 e. The Hall–Kier alpha value is -2.95. The minimum atomic E-state index is -0.865. The topological polar surface area (TPSA) is 106 Å². The molecule has 1 atom stereocenters. The molecule has 6 rings (SSSR count). The number of carbonyl (C=O) groups is 1. The van der Waals surface area contributed by atoms with Gasteiger partial charge in [-0.3, -0.25) is 0 Å². The van der Waals surface area contributed by atoms with Crippen molar-refractivity contribution in [3.63, 3.8) is 0 Å². The Morgan fingerprint density at radius 3 is 2.62 bits per heavy atom. The maximum absolute atomic E-state index is 11.3. The highest BCUT2D eigenvalue weighted by Gasteiger charge is 2.32. The number of ether oxygens (including phenoxy) is 2. The highest BCUT2D eigenvalue weighted by Crippen LogP contribution is 2.36. The van der Waals surface area contributed by atoms with E-state index in [0.717, 1.165) is 74.1 Å². The summed E-state index contributed by atoms with van der Waals surface area (Å²) >= 11 is 6.67. The number of amides is 1. The summed E-state index contributed by atoms with van der Waals surface area (Å²) < 4.78 is 13.6. The van der Waals surface area contributed by atoms with Crippen molar-refractivity contribution in [2.75, 3.05) is 37.7 Å². The van der Waals surface area contributed by atoms with E-state index >= 15 is 0 Å². The van der Waals surface area contributed by atoms with Crippen molar-refractivity contribution in [2.24, 2.45) is 0 Å². The minimum absolute atomic E-state index is 0.0866. The Bertz CT molecular complexity index is 1300. The second-order valence-electron chi connectivity index (χ2n) is 10.1. The standard InChI is InChI=1S/C26H31ClN6O4/c1-16-29-23(32-14-19(15-32)37-25-4-2-3-9-36-25)12-24(30-16)33-22-11-20(21(27)10-18(22)13-28-33)17-5-7-31(8-6-17)26(34)35/h10-13,17,19,25H,2-9,14-15H2,1H3,(H,34,35). The van der Waals surface area contributed by atoms with Gasteiger partial charge in [-0.2, -0.15) is 5.10 Å². The largest absolute Gasteiger partial charge is 0.465 e. The lowest BCUT2D eigenvalue weighted by Crippen LogP contribution is -2.54. The van der Waals surface area contributed by atoms with E-state index in [-0.39, 0.29) is 18.3 Å². The number of anilines is 1. The third-order valence-corrected chi connectivity index (χ3v) is 7.90. The fourth-order valence-corrected chi connectivity index (χ4v) is 5.82. The Balaban J connectivity index is 1.22. The molecule has 3 fully saturated rings. The molecule has 0 saturated carbocycles. The lowest BCUT2D eigenvalue weighted by Gasteiger charge is -2.41. The number of benzene rings is 1. The molecule has 3 aliphatic rings. The van der Waals surface area contributed by atoms with Crippen LogP contribution in [0.2, 0.25) is 5.02 Å². The van der Waals surface area contributed by atoms with Gasteiger partial charge in [0.15, 0.2) is 12.1 Å². The predicted molar refractivity (Wildman–Crippen MR) is 139 cm³/mol. The number of hydrogen-bond acceptors (Lipinski definition) is 7. The molecule has 196 valence electrons. The molecule has 1 unspecified atom stereocenters. The Labute approximate surface area is 220 Å². The molecule has 11 heteroatoms. The molecule has 37 heavy (non-hydrogen) atoms. The molecule has 5 heterocycles. The van der Waals surface area contributed by atoms with Gasteiger partial charge in [-0.05, 0) is 62.6 Å². The van der Waals surface area contributed by atoms with Gasteiger partial charge in [0.2, 0.25) is 0 Å². The SMILES string of the molecule is Cc1nc(N2CC(OC3CCCCO3)C2)cc(-n2ncc3cc(Cl)c(C4CCN(C(=O)O)CC4)cc32)n1. The molecule has 0 aliphatic carbocycles. The van der Waals surface area contributed by atoms with Crippen LogP contribution in [0.5, 0.6) is 0 Å². The van der Waals surface area contributed by atoms with E-state index in [4.69, 9.17) is 21.1 Å². The van der Waals surface area contributed by atoms with E-state index in [1.807, 2.05) is 23.7 Å². The number of rotatable bonds is 5. The summed E-state index contributed by atoms with van der Waals surface area (Å²) in [6.07, 6.45) is 5.70. The Morgan fingerprint density at radius 1 is 1.11 bits per heavy atom. The quantitative estimate of drug-likeness (QED) is 0.522. The summed E-state index contributed by atoms with van der Waals surface area (Å²) in [5.41, 5.74) is 1.95. The maximum atomic E-state index is 11.3. The summed E-state index contributed by atoms with van der Waals surface area (Å²) in [4.78, 5) is 24.3. The zero-order valence-electron chi connectivity index (χ0n) is 20.8. The number of piperidine rings is 1. The molecular weight excluding hydrogens is 496 g/mol. The van der Waals surface area contributed by atoms with Crippen LogP contribution in [0.3, 0.4) is 0 Å². The number of fused-ring (bicyclic) bond motifs is 1. The van der Waals surface area contributed by atoms with Gasteiger partial charge >= 0.3 is 6.09 Å². The van der Waals surface area contributed by atoms with Gasteiger partial charge in [0, 0.05) is 49.3 Å². The average molecular weight is 527 g/mol. The number of aryl methyl sites for hydroxylation is 1. The van der Waals surface area contributed by atoms with Gasteiger partial charge < -0.3 is 24.4 Å². The van der Waals surface area contributed by atoms with Crippen molar-refractivity contribution >= 4 is 34.4 Å². The fourth-order valence-electron chi connectivity index (χ4n) is 5.49. The van der Waals surface area contributed by atoms with Crippen LogP contribution in [-0.2, 0) is 9.47 Å². The van der Waals surface area contributed by atoms with E-state index < -0.39 is 6.09 Å². The van der Waals surface area contributed by atoms with Crippen molar-refractivity contribution in [3.8, 4) is 5.82 Å². The first-order chi connectivity index (χ1) is 17.9. The zero-order valence-corrected chi connectivity index (χ0v) is 21.6. The number of nitrogens with zero attached hydrogens (tertiary/aromatic N) is 6. The molecule has 1 N–H and O–H groups in total. The number of carboxylic acid groups (broad SMARTS) is 1. The normalized spacial score (nSPS) is 21.4. The van der Waals surface area contributed by atoms with Crippen molar-refractivity contribution in [3.05, 3.63) is 40.8 Å². The first-order valence-electron chi connectivity index (χ1n) is 13.0. The van der Waals surface area contributed by atoms with Crippen LogP contribution in [0.4, 0.5) is 10.6 Å². The van der Waals surface area contributed by atoms with Gasteiger partial charge in [-0.25, -0.2) is 19.4 Å². The Morgan fingerprint density at radius 2 is 1.89 bits per heavy atom. The number of hydrogen-bond donors (Lipinski definition) is 1. The summed E-state index contributed by atoms with van der Waals surface area (Å²) in [6.45, 7) is 5.22. The van der Waals surface area contributed by atoms with E-state index in [1.54, 1.807) is 6.20 Å². The third kappa shape index (κ3) is 4.97. The summed E-state index contributed by atoms with van der Waals surface area (Å²) in [5, 5.41) is 15.5. The number of aromatic nitrogens is 4. The summed E-state index contributed by atoms with van der Waals surface area (Å²) in [5.74, 6) is 2.42. The second-order valence-corrected chi connectivity index (χ2v) is 10.5. The zero-order chi connectivity index (χ0) is 25.5.